The summed E-state index contributed by atoms with van der Waals surface area (Å²) in [6.45, 7) is 20.6. The van der Waals surface area contributed by atoms with Crippen LogP contribution in [0.5, 0.6) is 0 Å². The maximum absolute atomic E-state index is 2.51. The Morgan fingerprint density at radius 3 is 1.52 bits per heavy atom. The summed E-state index contributed by atoms with van der Waals surface area (Å²) in [5.74, 6) is 7.03. The Morgan fingerprint density at radius 2 is 1.26 bits per heavy atom. The molecule has 2 aliphatic rings. The van der Waals surface area contributed by atoms with Crippen LogP contribution in [0.1, 0.15) is 107 Å². The second-order valence-electron chi connectivity index (χ2n) is 8.79. The molecule has 0 aromatic carbocycles. The van der Waals surface area contributed by atoms with E-state index in [1.54, 1.807) is 0 Å². The van der Waals surface area contributed by atoms with Gasteiger partial charge in [0.05, 0.1) is 0 Å². The minimum atomic E-state index is 0.883. The smallest absolute Gasteiger partial charge is 0.0357 e. The van der Waals surface area contributed by atoms with E-state index in [4.69, 9.17) is 0 Å². The lowest BCUT2D eigenvalue weighted by Crippen LogP contribution is -2.18. The van der Waals surface area contributed by atoms with Crippen LogP contribution >= 0.6 is 0 Å². The molecule has 2 rings (SSSR count). The molecule has 23 heavy (non-hydrogen) atoms. The fourth-order valence-corrected chi connectivity index (χ4v) is 3.85. The largest absolute Gasteiger partial charge is 0.0683 e. The lowest BCUT2D eigenvalue weighted by molar-refractivity contribution is 0.219. The van der Waals surface area contributed by atoms with Crippen LogP contribution in [0.2, 0.25) is 0 Å². The minimum absolute atomic E-state index is 0.883. The van der Waals surface area contributed by atoms with E-state index in [0.29, 0.717) is 0 Å². The maximum atomic E-state index is 2.51. The van der Waals surface area contributed by atoms with E-state index in [0.717, 1.165) is 41.4 Å². The molecule has 0 heteroatoms. The van der Waals surface area contributed by atoms with Crippen LogP contribution in [-0.2, 0) is 0 Å². The molecule has 2 fully saturated rings. The topological polar surface area (TPSA) is 0 Å². The number of rotatable bonds is 7. The molecule has 2 saturated carbocycles. The first-order valence-corrected chi connectivity index (χ1v) is 10.9. The third-order valence-corrected chi connectivity index (χ3v) is 6.41. The zero-order valence-electron chi connectivity index (χ0n) is 18.0. The molecule has 6 atom stereocenters. The molecule has 0 aromatic heterocycles. The molecule has 0 spiro atoms. The molecule has 0 heterocycles. The SMILES string of the molecule is CC.CC1CCC1C.CCCC(CCC(C)C)C(C)C1CC1C. The molecule has 6 unspecified atom stereocenters. The van der Waals surface area contributed by atoms with Crippen LogP contribution in [0.25, 0.3) is 0 Å². The molecule has 0 amide bonds. The van der Waals surface area contributed by atoms with Crippen molar-refractivity contribution in [2.45, 2.75) is 107 Å². The highest BCUT2D eigenvalue weighted by atomic mass is 14.4. The lowest BCUT2D eigenvalue weighted by Gasteiger charge is -2.29. The second-order valence-corrected chi connectivity index (χ2v) is 8.79. The van der Waals surface area contributed by atoms with Crippen LogP contribution < -0.4 is 0 Å². The molecule has 0 bridgehead atoms. The quantitative estimate of drug-likeness (QED) is 0.442. The van der Waals surface area contributed by atoms with Gasteiger partial charge in [0, 0.05) is 0 Å². The summed E-state index contributed by atoms with van der Waals surface area (Å²) in [4.78, 5) is 0. The average Bonchev–Trinajstić information content (AvgIpc) is 3.28. The second kappa shape index (κ2) is 12.4. The van der Waals surface area contributed by atoms with Gasteiger partial charge in [-0.3, -0.25) is 0 Å². The van der Waals surface area contributed by atoms with Crippen molar-refractivity contribution in [2.24, 2.45) is 41.4 Å². The van der Waals surface area contributed by atoms with E-state index in [-0.39, 0.29) is 0 Å². The van der Waals surface area contributed by atoms with Crippen molar-refractivity contribution in [2.75, 3.05) is 0 Å². The van der Waals surface area contributed by atoms with Crippen molar-refractivity contribution < 1.29 is 0 Å². The monoisotopic (exact) mass is 324 g/mol. The fraction of sp³-hybridized carbons (Fsp3) is 1.00. The van der Waals surface area contributed by atoms with Crippen LogP contribution in [0.4, 0.5) is 0 Å². The van der Waals surface area contributed by atoms with Gasteiger partial charge in [-0.1, -0.05) is 94.4 Å². The van der Waals surface area contributed by atoms with E-state index in [9.17, 15) is 0 Å². The third-order valence-electron chi connectivity index (χ3n) is 6.41. The van der Waals surface area contributed by atoms with Crippen molar-refractivity contribution in [3.05, 3.63) is 0 Å². The van der Waals surface area contributed by atoms with Gasteiger partial charge in [0.25, 0.3) is 0 Å². The molecular weight excluding hydrogens is 276 g/mol. The van der Waals surface area contributed by atoms with Gasteiger partial charge in [-0.2, -0.15) is 0 Å². The molecule has 0 aliphatic heterocycles. The molecule has 0 radical (unpaired) electrons. The van der Waals surface area contributed by atoms with E-state index in [1.807, 2.05) is 13.8 Å². The Bertz CT molecular complexity index is 259. The summed E-state index contributed by atoms with van der Waals surface area (Å²) in [6, 6.07) is 0. The molecule has 140 valence electrons. The van der Waals surface area contributed by atoms with Crippen molar-refractivity contribution in [1.29, 1.82) is 0 Å². The van der Waals surface area contributed by atoms with Gasteiger partial charge in [0.2, 0.25) is 0 Å². The van der Waals surface area contributed by atoms with Gasteiger partial charge in [0.1, 0.15) is 0 Å². The van der Waals surface area contributed by atoms with Gasteiger partial charge >= 0.3 is 0 Å². The van der Waals surface area contributed by atoms with Crippen LogP contribution in [0, 0.1) is 41.4 Å². The third kappa shape index (κ3) is 9.16. The Morgan fingerprint density at radius 1 is 0.783 bits per heavy atom. The Hall–Kier alpha value is 0. The Kier molecular flexibility index (Phi) is 12.4. The van der Waals surface area contributed by atoms with E-state index < -0.39 is 0 Å². The van der Waals surface area contributed by atoms with E-state index in [1.165, 1.54) is 44.9 Å². The maximum Gasteiger partial charge on any atom is -0.0357 e. The average molecular weight is 325 g/mol. The first kappa shape index (κ1) is 23.0. The van der Waals surface area contributed by atoms with Crippen molar-refractivity contribution in [1.82, 2.24) is 0 Å². The first-order valence-electron chi connectivity index (χ1n) is 10.9. The fourth-order valence-electron chi connectivity index (χ4n) is 3.85. The van der Waals surface area contributed by atoms with Gasteiger partial charge in [-0.25, -0.2) is 0 Å². The molecular formula is C23H48. The number of hydrogen-bond acceptors (Lipinski definition) is 0. The predicted molar refractivity (Wildman–Crippen MR) is 108 cm³/mol. The summed E-state index contributed by atoms with van der Waals surface area (Å²) in [5.41, 5.74) is 0. The molecule has 2 aliphatic carbocycles. The lowest BCUT2D eigenvalue weighted by atomic mass is 9.77. The number of hydrogen-bond donors (Lipinski definition) is 0. The molecule has 0 saturated heterocycles. The molecule has 0 N–H and O–H groups in total. The zero-order valence-corrected chi connectivity index (χ0v) is 18.0. The summed E-state index contributed by atoms with van der Waals surface area (Å²) in [6.07, 6.45) is 10.2. The normalized spacial score (nSPS) is 31.0. The summed E-state index contributed by atoms with van der Waals surface area (Å²) in [5, 5.41) is 0. The van der Waals surface area contributed by atoms with Gasteiger partial charge in [0.15, 0.2) is 0 Å². The van der Waals surface area contributed by atoms with Crippen molar-refractivity contribution in [3.8, 4) is 0 Å². The summed E-state index contributed by atoms with van der Waals surface area (Å²) < 4.78 is 0. The van der Waals surface area contributed by atoms with Gasteiger partial charge in [-0.15, -0.1) is 0 Å². The molecule has 0 nitrogen and oxygen atoms in total. The summed E-state index contributed by atoms with van der Waals surface area (Å²) in [7, 11) is 0. The highest BCUT2D eigenvalue weighted by molar-refractivity contribution is 4.89. The highest BCUT2D eigenvalue weighted by Gasteiger charge is 2.39. The Labute approximate surface area is 149 Å². The molecule has 0 aromatic rings. The highest BCUT2D eigenvalue weighted by Crippen LogP contribution is 2.48. The predicted octanol–water partition coefficient (Wildman–Crippen LogP) is 8.21. The van der Waals surface area contributed by atoms with Crippen molar-refractivity contribution >= 4 is 0 Å². The first-order chi connectivity index (χ1) is 10.9. The zero-order chi connectivity index (χ0) is 18.0. The van der Waals surface area contributed by atoms with E-state index in [2.05, 4.69) is 48.5 Å². The van der Waals surface area contributed by atoms with Crippen molar-refractivity contribution in [3.63, 3.8) is 0 Å². The standard InChI is InChI=1S/C15H30.C6H12.C2H6/c1-6-7-14(9-8-11(2)3)13(5)15-10-12(15)4;1-5-3-4-6(5)2;1-2/h11-15H,6-10H2,1-5H3;5-6H,3-4H2,1-2H3;1-2H3. The van der Waals surface area contributed by atoms with Gasteiger partial charge in [-0.05, 0) is 54.3 Å². The Balaban J connectivity index is 0.000000501. The van der Waals surface area contributed by atoms with Crippen LogP contribution in [-0.4, -0.2) is 0 Å². The minimum Gasteiger partial charge on any atom is -0.0683 e. The van der Waals surface area contributed by atoms with Gasteiger partial charge < -0.3 is 0 Å². The van der Waals surface area contributed by atoms with Crippen LogP contribution in [0.15, 0.2) is 0 Å². The summed E-state index contributed by atoms with van der Waals surface area (Å²) >= 11 is 0. The van der Waals surface area contributed by atoms with Crippen LogP contribution in [0.3, 0.4) is 0 Å². The van der Waals surface area contributed by atoms with E-state index >= 15 is 0 Å².